The van der Waals surface area contributed by atoms with Crippen molar-refractivity contribution in [2.75, 3.05) is 6.61 Å². The van der Waals surface area contributed by atoms with Crippen molar-refractivity contribution in [3.05, 3.63) is 46.3 Å². The quantitative estimate of drug-likeness (QED) is 0.353. The average molecular weight is 408 g/mol. The summed E-state index contributed by atoms with van der Waals surface area (Å²) in [5.74, 6) is 0. The van der Waals surface area contributed by atoms with E-state index in [1.165, 1.54) is 0 Å². The lowest BCUT2D eigenvalue weighted by Crippen LogP contribution is -2.63. The Hall–Kier alpha value is -1.45. The van der Waals surface area contributed by atoms with Gasteiger partial charge in [0.2, 0.25) is 0 Å². The molecule has 154 valence electrons. The van der Waals surface area contributed by atoms with Crippen LogP contribution >= 0.6 is 0 Å². The van der Waals surface area contributed by atoms with E-state index in [4.69, 9.17) is 24.2 Å². The zero-order valence-corrected chi connectivity index (χ0v) is 18.0. The normalized spacial score (nSPS) is 33.6. The highest BCUT2D eigenvalue weighted by Gasteiger charge is 2.52. The average Bonchev–Trinajstić information content (AvgIpc) is 2.64. The first-order valence-corrected chi connectivity index (χ1v) is 12.4. The Kier molecular flexibility index (Phi) is 6.16. The molecule has 1 aromatic carbocycles. The SMILES string of the molecule is CC(C)(C)[Si](C)(C)O[C@@H]1OC2COC(c3ccccc3)O[C@H]2[C@H](O)C1N=[N+]=[N-]. The molecule has 28 heavy (non-hydrogen) atoms. The van der Waals surface area contributed by atoms with E-state index in [0.717, 1.165) is 5.56 Å². The summed E-state index contributed by atoms with van der Waals surface area (Å²) in [6.45, 7) is 10.8. The van der Waals surface area contributed by atoms with Gasteiger partial charge in [0.15, 0.2) is 20.9 Å². The van der Waals surface area contributed by atoms with E-state index in [2.05, 4.69) is 43.9 Å². The van der Waals surface area contributed by atoms with Crippen molar-refractivity contribution in [2.45, 2.75) is 75.8 Å². The summed E-state index contributed by atoms with van der Waals surface area (Å²) < 4.78 is 24.2. The van der Waals surface area contributed by atoms with Crippen molar-refractivity contribution >= 4 is 8.32 Å². The molecule has 9 heteroatoms. The molecule has 2 fully saturated rings. The van der Waals surface area contributed by atoms with Gasteiger partial charge >= 0.3 is 0 Å². The van der Waals surface area contributed by atoms with Crippen LogP contribution in [-0.4, -0.2) is 50.7 Å². The molecule has 1 N–H and O–H groups in total. The summed E-state index contributed by atoms with van der Waals surface area (Å²) in [6, 6.07) is 8.61. The third-order valence-corrected chi connectivity index (χ3v) is 10.2. The molecule has 3 rings (SSSR count). The van der Waals surface area contributed by atoms with Gasteiger partial charge in [0, 0.05) is 10.5 Å². The van der Waals surface area contributed by atoms with E-state index in [1.54, 1.807) is 0 Å². The molecule has 0 aromatic heterocycles. The number of fused-ring (bicyclic) bond motifs is 1. The summed E-state index contributed by atoms with van der Waals surface area (Å²) in [5.41, 5.74) is 9.87. The highest BCUT2D eigenvalue weighted by Crippen LogP contribution is 2.41. The Morgan fingerprint density at radius 3 is 2.50 bits per heavy atom. The first-order chi connectivity index (χ1) is 13.1. The Balaban J connectivity index is 1.80. The van der Waals surface area contributed by atoms with Crippen LogP contribution in [-0.2, 0) is 18.6 Å². The van der Waals surface area contributed by atoms with Gasteiger partial charge in [-0.05, 0) is 23.7 Å². The maximum atomic E-state index is 10.9. The summed E-state index contributed by atoms with van der Waals surface area (Å²) in [6.07, 6.45) is -3.68. The second kappa shape index (κ2) is 8.12. The Bertz CT molecular complexity index is 720. The van der Waals surface area contributed by atoms with Crippen LogP contribution in [0.15, 0.2) is 35.4 Å². The number of azide groups is 1. The molecule has 6 atom stereocenters. The standard InChI is InChI=1S/C19H29N3O5Si/c1-19(2,3)28(4,5)27-18-14(21-22-20)15(23)16-13(25-18)11-24-17(26-16)12-9-7-6-8-10-12/h6-10,13-18,23H,11H2,1-5H3/t13?,14?,15-,16-,17?,18+/m1/s1. The van der Waals surface area contributed by atoms with E-state index < -0.39 is 45.3 Å². The molecular weight excluding hydrogens is 378 g/mol. The van der Waals surface area contributed by atoms with Crippen LogP contribution in [0.5, 0.6) is 0 Å². The number of hydrogen-bond donors (Lipinski definition) is 1. The molecule has 3 unspecified atom stereocenters. The second-order valence-electron chi connectivity index (χ2n) is 8.78. The van der Waals surface area contributed by atoms with Gasteiger partial charge in [-0.25, -0.2) is 0 Å². The summed E-state index contributed by atoms with van der Waals surface area (Å²) in [7, 11) is -2.22. The van der Waals surface area contributed by atoms with Crippen LogP contribution < -0.4 is 0 Å². The van der Waals surface area contributed by atoms with Crippen LogP contribution in [0.2, 0.25) is 18.1 Å². The summed E-state index contributed by atoms with van der Waals surface area (Å²) in [5, 5.41) is 14.7. The minimum atomic E-state index is -2.22. The molecule has 2 saturated heterocycles. The Morgan fingerprint density at radius 2 is 1.89 bits per heavy atom. The maximum absolute atomic E-state index is 10.9. The van der Waals surface area contributed by atoms with Gasteiger partial charge in [-0.15, -0.1) is 0 Å². The molecule has 8 nitrogen and oxygen atoms in total. The molecule has 0 bridgehead atoms. The zero-order valence-electron chi connectivity index (χ0n) is 17.0. The number of aliphatic hydroxyl groups excluding tert-OH is 1. The smallest absolute Gasteiger partial charge is 0.195 e. The number of aliphatic hydroxyl groups is 1. The van der Waals surface area contributed by atoms with Crippen LogP contribution in [0.4, 0.5) is 0 Å². The first-order valence-electron chi connectivity index (χ1n) is 9.51. The van der Waals surface area contributed by atoms with Gasteiger partial charge in [0.1, 0.15) is 18.2 Å². The minimum Gasteiger partial charge on any atom is -0.392 e. The molecule has 2 heterocycles. The van der Waals surface area contributed by atoms with E-state index in [9.17, 15) is 5.11 Å². The lowest BCUT2D eigenvalue weighted by Gasteiger charge is -2.49. The predicted molar refractivity (Wildman–Crippen MR) is 106 cm³/mol. The van der Waals surface area contributed by atoms with Gasteiger partial charge in [-0.1, -0.05) is 56.2 Å². The van der Waals surface area contributed by atoms with Crippen LogP contribution in [0, 0.1) is 0 Å². The number of hydrogen-bond acceptors (Lipinski definition) is 6. The summed E-state index contributed by atoms with van der Waals surface area (Å²) >= 11 is 0. The van der Waals surface area contributed by atoms with Crippen molar-refractivity contribution in [3.63, 3.8) is 0 Å². The second-order valence-corrected chi connectivity index (χ2v) is 13.5. The lowest BCUT2D eigenvalue weighted by atomic mass is 9.96. The molecule has 0 saturated carbocycles. The van der Waals surface area contributed by atoms with Crippen molar-refractivity contribution < 1.29 is 23.7 Å². The van der Waals surface area contributed by atoms with Gasteiger partial charge in [0.05, 0.1) is 12.7 Å². The van der Waals surface area contributed by atoms with Crippen molar-refractivity contribution in [1.82, 2.24) is 0 Å². The molecule has 2 aliphatic rings. The highest BCUT2D eigenvalue weighted by atomic mass is 28.4. The van der Waals surface area contributed by atoms with Gasteiger partial charge < -0.3 is 23.7 Å². The zero-order chi connectivity index (χ0) is 20.5. The topological polar surface area (TPSA) is 106 Å². The molecule has 0 radical (unpaired) electrons. The van der Waals surface area contributed by atoms with E-state index in [1.807, 2.05) is 30.3 Å². The largest absolute Gasteiger partial charge is 0.392 e. The van der Waals surface area contributed by atoms with Crippen molar-refractivity contribution in [3.8, 4) is 0 Å². The van der Waals surface area contributed by atoms with E-state index >= 15 is 0 Å². The van der Waals surface area contributed by atoms with Crippen molar-refractivity contribution in [1.29, 1.82) is 0 Å². The van der Waals surface area contributed by atoms with Crippen LogP contribution in [0.1, 0.15) is 32.6 Å². The maximum Gasteiger partial charge on any atom is 0.195 e. The fourth-order valence-corrected chi connectivity index (χ4v) is 4.23. The van der Waals surface area contributed by atoms with Gasteiger partial charge in [-0.3, -0.25) is 0 Å². The lowest BCUT2D eigenvalue weighted by molar-refractivity contribution is -0.333. The Morgan fingerprint density at radius 1 is 1.21 bits per heavy atom. The monoisotopic (exact) mass is 407 g/mol. The number of rotatable bonds is 4. The van der Waals surface area contributed by atoms with Gasteiger partial charge in [-0.2, -0.15) is 0 Å². The third-order valence-electron chi connectivity index (χ3n) is 5.81. The first kappa shape index (κ1) is 21.3. The molecular formula is C19H29N3O5Si. The molecule has 0 aliphatic carbocycles. The van der Waals surface area contributed by atoms with Crippen LogP contribution in [0.25, 0.3) is 10.4 Å². The van der Waals surface area contributed by atoms with Crippen molar-refractivity contribution in [2.24, 2.45) is 5.11 Å². The Labute approximate surface area is 166 Å². The van der Waals surface area contributed by atoms with E-state index in [0.29, 0.717) is 0 Å². The number of ether oxygens (including phenoxy) is 3. The van der Waals surface area contributed by atoms with Gasteiger partial charge in [0.25, 0.3) is 0 Å². The third kappa shape index (κ3) is 4.26. The fourth-order valence-electron chi connectivity index (χ4n) is 3.10. The number of nitrogens with zero attached hydrogens (tertiary/aromatic N) is 3. The highest BCUT2D eigenvalue weighted by molar-refractivity contribution is 6.74. The summed E-state index contributed by atoms with van der Waals surface area (Å²) in [4.78, 5) is 2.90. The molecule has 2 aliphatic heterocycles. The minimum absolute atomic E-state index is 0.0585. The van der Waals surface area contributed by atoms with E-state index in [-0.39, 0.29) is 11.6 Å². The fraction of sp³-hybridized carbons (Fsp3) is 0.684. The molecule has 1 aromatic rings. The predicted octanol–water partition coefficient (Wildman–Crippen LogP) is 3.89. The van der Waals surface area contributed by atoms with Crippen LogP contribution in [0.3, 0.4) is 0 Å². The molecule has 0 amide bonds. The molecule has 0 spiro atoms. The number of benzene rings is 1.